The van der Waals surface area contributed by atoms with Gasteiger partial charge in [-0.1, -0.05) is 12.1 Å². The Morgan fingerprint density at radius 2 is 1.81 bits per heavy atom. The molecule has 47 heavy (non-hydrogen) atoms. The number of nitrogens with zero attached hydrogens (tertiary/aromatic N) is 7. The monoisotopic (exact) mass is 662 g/mol. The molecule has 3 aromatic heterocycles. The number of hydrogen-bond acceptors (Lipinski definition) is 9. The molecule has 1 atom stereocenters. The Hall–Kier alpha value is -5.11. The molecule has 5 rings (SSSR count). The smallest absolute Gasteiger partial charge is 0.423 e. The van der Waals surface area contributed by atoms with Gasteiger partial charge in [0.2, 0.25) is 0 Å². The lowest BCUT2D eigenvalue weighted by Crippen LogP contribution is -2.35. The number of methoxy groups -OCH3 is 1. The average Bonchev–Trinajstić information content (AvgIpc) is 3.43. The van der Waals surface area contributed by atoms with E-state index in [9.17, 15) is 36.4 Å². The number of anilines is 2. The zero-order chi connectivity index (χ0) is 33.9. The zero-order valence-corrected chi connectivity index (χ0v) is 25.1. The zero-order valence-electron chi connectivity index (χ0n) is 25.1. The van der Waals surface area contributed by atoms with Crippen molar-refractivity contribution >= 4 is 11.5 Å². The molecule has 4 aromatic rings. The number of nitrogens with one attached hydrogen (secondary N) is 1. The van der Waals surface area contributed by atoms with Crippen LogP contribution in [-0.2, 0) is 43.3 Å². The second kappa shape index (κ2) is 13.3. The van der Waals surface area contributed by atoms with Crippen molar-refractivity contribution in [3.8, 4) is 11.8 Å². The van der Waals surface area contributed by atoms with Crippen molar-refractivity contribution in [3.05, 3.63) is 92.8 Å². The summed E-state index contributed by atoms with van der Waals surface area (Å²) in [5, 5.41) is 20.5. The van der Waals surface area contributed by atoms with E-state index in [-0.39, 0.29) is 37.7 Å². The topological polar surface area (TPSA) is 123 Å². The molecule has 1 N–H and O–H groups in total. The number of benzene rings is 1. The summed E-state index contributed by atoms with van der Waals surface area (Å²) in [5.74, 6) is 0.691. The lowest BCUT2D eigenvalue weighted by atomic mass is 10.1. The number of pyridine rings is 1. The minimum absolute atomic E-state index is 0.0157. The van der Waals surface area contributed by atoms with E-state index < -0.39 is 40.8 Å². The first-order valence-corrected chi connectivity index (χ1v) is 14.2. The van der Waals surface area contributed by atoms with Crippen LogP contribution in [0.5, 0.6) is 5.75 Å². The van der Waals surface area contributed by atoms with Crippen LogP contribution in [0.3, 0.4) is 0 Å². The summed E-state index contributed by atoms with van der Waals surface area (Å²) in [6.07, 6.45) is -7.92. The second-order valence-electron chi connectivity index (χ2n) is 10.8. The van der Waals surface area contributed by atoms with Gasteiger partial charge in [-0.3, -0.25) is 9.48 Å². The van der Waals surface area contributed by atoms with Gasteiger partial charge in [0.25, 0.3) is 5.56 Å². The van der Waals surface area contributed by atoms with Crippen molar-refractivity contribution < 1.29 is 35.8 Å². The molecule has 0 bridgehead atoms. The minimum atomic E-state index is -4.95. The molecule has 4 heterocycles. The largest absolute Gasteiger partial charge is 0.497 e. The van der Waals surface area contributed by atoms with E-state index in [4.69, 9.17) is 9.47 Å². The number of halogens is 6. The van der Waals surface area contributed by atoms with Crippen molar-refractivity contribution in [2.75, 3.05) is 30.5 Å². The van der Waals surface area contributed by atoms with Crippen LogP contribution in [0.15, 0.2) is 53.6 Å². The van der Waals surface area contributed by atoms with E-state index in [0.29, 0.717) is 42.0 Å². The molecule has 0 unspecified atom stereocenters. The van der Waals surface area contributed by atoms with Crippen LogP contribution in [0.2, 0.25) is 0 Å². The lowest BCUT2D eigenvalue weighted by Gasteiger charge is -2.29. The van der Waals surface area contributed by atoms with E-state index in [1.54, 1.807) is 52.9 Å². The normalized spacial score (nSPS) is 14.0. The van der Waals surface area contributed by atoms with Crippen molar-refractivity contribution in [2.45, 2.75) is 51.6 Å². The minimum Gasteiger partial charge on any atom is -0.497 e. The number of nitriles is 1. The first kappa shape index (κ1) is 33.3. The molecule has 17 heteroatoms. The Kier molecular flexibility index (Phi) is 9.43. The van der Waals surface area contributed by atoms with Crippen LogP contribution in [0, 0.1) is 11.3 Å². The highest BCUT2D eigenvalue weighted by molar-refractivity contribution is 5.55. The number of fused-ring (bicyclic) bond motifs is 1. The Morgan fingerprint density at radius 1 is 1.06 bits per heavy atom. The maximum Gasteiger partial charge on any atom is 0.423 e. The number of aromatic nitrogens is 5. The number of rotatable bonds is 10. The SMILES string of the molecule is COc1ccc(Cn2ncc(N[C@@H](C)COCc3cc4n(n3)CCN(c3ncc(C(F)(F)F)cc3C#N)C4)c(C(F)(F)F)c2=O)cc1. The van der Waals surface area contributed by atoms with Crippen molar-refractivity contribution in [2.24, 2.45) is 0 Å². The summed E-state index contributed by atoms with van der Waals surface area (Å²) in [7, 11) is 1.48. The summed E-state index contributed by atoms with van der Waals surface area (Å²) in [6, 6.07) is 10.1. The molecule has 0 spiro atoms. The van der Waals surface area contributed by atoms with E-state index >= 15 is 0 Å². The maximum atomic E-state index is 14.0. The van der Waals surface area contributed by atoms with Gasteiger partial charge in [0, 0.05) is 18.8 Å². The Labute approximate surface area is 264 Å². The fourth-order valence-corrected chi connectivity index (χ4v) is 5.06. The van der Waals surface area contributed by atoms with Crippen LogP contribution >= 0.6 is 0 Å². The third-order valence-electron chi connectivity index (χ3n) is 7.30. The van der Waals surface area contributed by atoms with Crippen molar-refractivity contribution in [3.63, 3.8) is 0 Å². The van der Waals surface area contributed by atoms with E-state index in [0.717, 1.165) is 16.9 Å². The van der Waals surface area contributed by atoms with Gasteiger partial charge < -0.3 is 19.7 Å². The molecule has 11 nitrogen and oxygen atoms in total. The molecular formula is C30H28F6N8O3. The van der Waals surface area contributed by atoms with Gasteiger partial charge in [-0.2, -0.15) is 41.8 Å². The molecule has 248 valence electrons. The molecule has 0 fully saturated rings. The van der Waals surface area contributed by atoms with E-state index in [2.05, 4.69) is 20.5 Å². The third kappa shape index (κ3) is 7.65. The molecule has 0 saturated carbocycles. The van der Waals surface area contributed by atoms with Gasteiger partial charge in [-0.15, -0.1) is 0 Å². The average molecular weight is 663 g/mol. The van der Waals surface area contributed by atoms with Gasteiger partial charge >= 0.3 is 12.4 Å². The molecule has 1 aromatic carbocycles. The van der Waals surface area contributed by atoms with Crippen LogP contribution < -0.4 is 20.5 Å². The number of ether oxygens (including phenoxy) is 2. The summed E-state index contributed by atoms with van der Waals surface area (Å²) < 4.78 is 94.4. The van der Waals surface area contributed by atoms with Gasteiger partial charge in [0.05, 0.1) is 74.4 Å². The quantitative estimate of drug-likeness (QED) is 0.238. The molecular weight excluding hydrogens is 634 g/mol. The second-order valence-corrected chi connectivity index (χ2v) is 10.8. The van der Waals surface area contributed by atoms with Crippen LogP contribution in [0.1, 0.15) is 40.6 Å². The Morgan fingerprint density at radius 3 is 2.47 bits per heavy atom. The van der Waals surface area contributed by atoms with Crippen LogP contribution in [0.4, 0.5) is 37.8 Å². The highest BCUT2D eigenvalue weighted by atomic mass is 19.4. The van der Waals surface area contributed by atoms with E-state index in [1.807, 2.05) is 0 Å². The predicted molar refractivity (Wildman–Crippen MR) is 156 cm³/mol. The Balaban J connectivity index is 1.20. The molecule has 0 saturated heterocycles. The van der Waals surface area contributed by atoms with Crippen molar-refractivity contribution in [1.29, 1.82) is 5.26 Å². The fourth-order valence-electron chi connectivity index (χ4n) is 5.06. The summed E-state index contributed by atoms with van der Waals surface area (Å²) >= 11 is 0. The van der Waals surface area contributed by atoms with Crippen LogP contribution in [-0.4, -0.2) is 50.8 Å². The summed E-state index contributed by atoms with van der Waals surface area (Å²) in [5.41, 5.74) is -2.56. The van der Waals surface area contributed by atoms with Gasteiger partial charge in [-0.05, 0) is 36.8 Å². The lowest BCUT2D eigenvalue weighted by molar-refractivity contribution is -0.139. The predicted octanol–water partition coefficient (Wildman–Crippen LogP) is 4.84. The van der Waals surface area contributed by atoms with Gasteiger partial charge in [0.15, 0.2) is 0 Å². The molecule has 1 aliphatic rings. The maximum absolute atomic E-state index is 14.0. The van der Waals surface area contributed by atoms with Crippen LogP contribution in [0.25, 0.3) is 0 Å². The van der Waals surface area contributed by atoms with E-state index in [1.165, 1.54) is 7.11 Å². The molecule has 0 aliphatic carbocycles. The molecule has 0 amide bonds. The number of alkyl halides is 6. The van der Waals surface area contributed by atoms with Crippen molar-refractivity contribution in [1.82, 2.24) is 24.5 Å². The molecule has 1 aliphatic heterocycles. The number of hydrogen-bond donors (Lipinski definition) is 1. The first-order chi connectivity index (χ1) is 22.3. The Bertz CT molecular complexity index is 1830. The van der Waals surface area contributed by atoms with Gasteiger partial charge in [0.1, 0.15) is 23.2 Å². The third-order valence-corrected chi connectivity index (χ3v) is 7.30. The highest BCUT2D eigenvalue weighted by Gasteiger charge is 2.38. The standard InChI is InChI=1S/C30H28F6N8O3/c1-18(40-25-13-39-44(28(45)26(25)30(34,35)36)14-19-3-5-24(46-2)6-4-19)16-47-17-22-10-23-15-42(7-8-43(23)41-22)27-20(11-37)9-21(12-38-27)29(31,32)33/h3-6,9-10,12-13,18,40H,7-8,14-17H2,1-2H3/t18-/m0/s1. The molecule has 0 radical (unpaired) electrons. The summed E-state index contributed by atoms with van der Waals surface area (Å²) in [6.45, 7) is 2.34. The fraction of sp³-hybridized carbons (Fsp3) is 0.367. The summed E-state index contributed by atoms with van der Waals surface area (Å²) in [4.78, 5) is 18.4. The highest BCUT2D eigenvalue weighted by Crippen LogP contribution is 2.33. The van der Waals surface area contributed by atoms with Gasteiger partial charge in [-0.25, -0.2) is 9.67 Å². The first-order valence-electron chi connectivity index (χ1n) is 14.2.